The summed E-state index contributed by atoms with van der Waals surface area (Å²) in [5, 5.41) is 1.74. The smallest absolute Gasteiger partial charge is 0.339 e. The number of rotatable bonds is 3. The molecule has 1 aliphatic rings. The van der Waals surface area contributed by atoms with Gasteiger partial charge in [0.1, 0.15) is 0 Å². The van der Waals surface area contributed by atoms with Gasteiger partial charge in [-0.05, 0) is 31.4 Å². The van der Waals surface area contributed by atoms with Gasteiger partial charge in [0.15, 0.2) is 0 Å². The number of pyridine rings is 1. The predicted molar refractivity (Wildman–Crippen MR) is 73.0 cm³/mol. The van der Waals surface area contributed by atoms with Crippen LogP contribution in [0, 0.1) is 6.92 Å². The fourth-order valence-corrected chi connectivity index (χ4v) is 3.50. The standard InChI is InChI=1S/C14H19NO2S/c1-10-8-11(14(16)17-2)9-15-13(10)18-12-6-4-3-5-7-12/h8-9,12H,3-7H2,1-2H3. The van der Waals surface area contributed by atoms with Crippen molar-refractivity contribution in [3.05, 3.63) is 23.4 Å². The number of aryl methyl sites for hydroxylation is 1. The number of ether oxygens (including phenoxy) is 1. The topological polar surface area (TPSA) is 39.2 Å². The minimum atomic E-state index is -0.320. The zero-order chi connectivity index (χ0) is 13.0. The molecule has 0 bridgehead atoms. The molecule has 4 heteroatoms. The normalized spacial score (nSPS) is 16.6. The van der Waals surface area contributed by atoms with Crippen molar-refractivity contribution >= 4 is 17.7 Å². The molecule has 18 heavy (non-hydrogen) atoms. The average Bonchev–Trinajstić information content (AvgIpc) is 2.41. The maximum Gasteiger partial charge on any atom is 0.339 e. The van der Waals surface area contributed by atoms with E-state index in [0.29, 0.717) is 10.8 Å². The maximum atomic E-state index is 11.4. The van der Waals surface area contributed by atoms with E-state index in [1.54, 1.807) is 6.20 Å². The summed E-state index contributed by atoms with van der Waals surface area (Å²) in [4.78, 5) is 15.8. The molecule has 1 aromatic heterocycles. The fraction of sp³-hybridized carbons (Fsp3) is 0.571. The first-order valence-corrected chi connectivity index (χ1v) is 7.30. The lowest BCUT2D eigenvalue weighted by atomic mass is 10.0. The SMILES string of the molecule is COC(=O)c1cnc(SC2CCCCC2)c(C)c1. The maximum absolute atomic E-state index is 11.4. The molecule has 3 nitrogen and oxygen atoms in total. The molecule has 0 aromatic carbocycles. The Labute approximate surface area is 112 Å². The monoisotopic (exact) mass is 265 g/mol. The van der Waals surface area contributed by atoms with Crippen LogP contribution in [0.25, 0.3) is 0 Å². The van der Waals surface area contributed by atoms with Crippen molar-refractivity contribution in [2.75, 3.05) is 7.11 Å². The van der Waals surface area contributed by atoms with Crippen molar-refractivity contribution in [1.82, 2.24) is 4.98 Å². The van der Waals surface area contributed by atoms with Crippen molar-refractivity contribution in [3.63, 3.8) is 0 Å². The second kappa shape index (κ2) is 6.23. The van der Waals surface area contributed by atoms with Gasteiger partial charge in [-0.2, -0.15) is 0 Å². The molecule has 1 fully saturated rings. The van der Waals surface area contributed by atoms with Gasteiger partial charge in [0.25, 0.3) is 0 Å². The molecule has 0 spiro atoms. The third-order valence-electron chi connectivity index (χ3n) is 3.28. The minimum absolute atomic E-state index is 0.320. The van der Waals surface area contributed by atoms with Gasteiger partial charge >= 0.3 is 5.97 Å². The first-order valence-electron chi connectivity index (χ1n) is 6.42. The lowest BCUT2D eigenvalue weighted by Crippen LogP contribution is -2.09. The quantitative estimate of drug-likeness (QED) is 0.783. The van der Waals surface area contributed by atoms with E-state index in [-0.39, 0.29) is 5.97 Å². The molecule has 0 unspecified atom stereocenters. The van der Waals surface area contributed by atoms with Crippen molar-refractivity contribution in [3.8, 4) is 0 Å². The summed E-state index contributed by atoms with van der Waals surface area (Å²) >= 11 is 1.86. The molecule has 1 aromatic rings. The van der Waals surface area contributed by atoms with Crippen LogP contribution in [0.2, 0.25) is 0 Å². The Hall–Kier alpha value is -1.03. The highest BCUT2D eigenvalue weighted by atomic mass is 32.2. The van der Waals surface area contributed by atoms with Crippen LogP contribution in [0.3, 0.4) is 0 Å². The van der Waals surface area contributed by atoms with Gasteiger partial charge in [0.05, 0.1) is 17.7 Å². The van der Waals surface area contributed by atoms with Crippen molar-refractivity contribution < 1.29 is 9.53 Å². The molecular weight excluding hydrogens is 246 g/mol. The summed E-state index contributed by atoms with van der Waals surface area (Å²) < 4.78 is 4.70. The predicted octanol–water partition coefficient (Wildman–Crippen LogP) is 3.60. The van der Waals surface area contributed by atoms with E-state index in [9.17, 15) is 4.79 Å². The van der Waals surface area contributed by atoms with E-state index in [0.717, 1.165) is 10.6 Å². The average molecular weight is 265 g/mol. The lowest BCUT2D eigenvalue weighted by molar-refractivity contribution is 0.0600. The van der Waals surface area contributed by atoms with E-state index in [1.165, 1.54) is 39.2 Å². The minimum Gasteiger partial charge on any atom is -0.465 e. The third kappa shape index (κ3) is 3.25. The molecule has 98 valence electrons. The number of hydrogen-bond acceptors (Lipinski definition) is 4. The Morgan fingerprint density at radius 2 is 2.11 bits per heavy atom. The molecule has 0 amide bonds. The molecule has 1 saturated carbocycles. The van der Waals surface area contributed by atoms with Crippen molar-refractivity contribution in [2.24, 2.45) is 0 Å². The molecule has 0 saturated heterocycles. The highest BCUT2D eigenvalue weighted by Crippen LogP contribution is 2.34. The van der Waals surface area contributed by atoms with Gasteiger partial charge < -0.3 is 4.74 Å². The van der Waals surface area contributed by atoms with Crippen molar-refractivity contribution in [1.29, 1.82) is 0 Å². The Morgan fingerprint density at radius 3 is 2.72 bits per heavy atom. The van der Waals surface area contributed by atoms with Crippen LogP contribution in [-0.2, 0) is 4.74 Å². The summed E-state index contributed by atoms with van der Waals surface area (Å²) in [6.45, 7) is 2.00. The van der Waals surface area contributed by atoms with Crippen LogP contribution >= 0.6 is 11.8 Å². The number of hydrogen-bond donors (Lipinski definition) is 0. The molecule has 1 aliphatic carbocycles. The molecule has 0 atom stereocenters. The fourth-order valence-electron chi connectivity index (χ4n) is 2.26. The number of carbonyl (C=O) groups excluding carboxylic acids is 1. The first kappa shape index (κ1) is 13.4. The molecule has 0 aliphatic heterocycles. The summed E-state index contributed by atoms with van der Waals surface area (Å²) in [5.74, 6) is -0.320. The van der Waals surface area contributed by atoms with Crippen LogP contribution in [0.4, 0.5) is 0 Å². The van der Waals surface area contributed by atoms with E-state index < -0.39 is 0 Å². The number of nitrogens with zero attached hydrogens (tertiary/aromatic N) is 1. The van der Waals surface area contributed by atoms with E-state index in [4.69, 9.17) is 4.74 Å². The van der Waals surface area contributed by atoms with Gasteiger partial charge in [-0.15, -0.1) is 11.8 Å². The number of aromatic nitrogens is 1. The molecular formula is C14H19NO2S. The Kier molecular flexibility index (Phi) is 4.64. The van der Waals surface area contributed by atoms with Crippen LogP contribution in [0.15, 0.2) is 17.3 Å². The molecule has 0 radical (unpaired) electrons. The Bertz CT molecular complexity index is 428. The van der Waals surface area contributed by atoms with Crippen LogP contribution < -0.4 is 0 Å². The number of methoxy groups -OCH3 is 1. The van der Waals surface area contributed by atoms with Crippen LogP contribution in [0.1, 0.15) is 48.0 Å². The largest absolute Gasteiger partial charge is 0.465 e. The van der Waals surface area contributed by atoms with Gasteiger partial charge in [0, 0.05) is 11.4 Å². The molecule has 0 N–H and O–H groups in total. The number of esters is 1. The summed E-state index contributed by atoms with van der Waals surface area (Å²) in [6, 6.07) is 1.87. The summed E-state index contributed by atoms with van der Waals surface area (Å²) in [6.07, 6.45) is 8.21. The van der Waals surface area contributed by atoms with Gasteiger partial charge in [-0.1, -0.05) is 19.3 Å². The third-order valence-corrected chi connectivity index (χ3v) is 4.74. The second-order valence-electron chi connectivity index (χ2n) is 4.72. The molecule has 2 rings (SSSR count). The molecule has 1 heterocycles. The van der Waals surface area contributed by atoms with Crippen molar-refractivity contribution in [2.45, 2.75) is 49.3 Å². The zero-order valence-electron chi connectivity index (χ0n) is 10.9. The van der Waals surface area contributed by atoms with Gasteiger partial charge in [-0.3, -0.25) is 0 Å². The van der Waals surface area contributed by atoms with E-state index >= 15 is 0 Å². The van der Waals surface area contributed by atoms with Crippen LogP contribution in [0.5, 0.6) is 0 Å². The first-order chi connectivity index (χ1) is 8.70. The number of thioether (sulfide) groups is 1. The van der Waals surface area contributed by atoms with Gasteiger partial charge in [-0.25, -0.2) is 9.78 Å². The number of carbonyl (C=O) groups is 1. The van der Waals surface area contributed by atoms with E-state index in [2.05, 4.69) is 4.98 Å². The zero-order valence-corrected chi connectivity index (χ0v) is 11.8. The van der Waals surface area contributed by atoms with Crippen LogP contribution in [-0.4, -0.2) is 23.3 Å². The highest BCUT2D eigenvalue weighted by molar-refractivity contribution is 7.99. The lowest BCUT2D eigenvalue weighted by Gasteiger charge is -2.21. The Morgan fingerprint density at radius 1 is 1.39 bits per heavy atom. The summed E-state index contributed by atoms with van der Waals surface area (Å²) in [7, 11) is 1.39. The second-order valence-corrected chi connectivity index (χ2v) is 6.00. The Balaban J connectivity index is 2.07. The van der Waals surface area contributed by atoms with Gasteiger partial charge in [0.2, 0.25) is 0 Å². The highest BCUT2D eigenvalue weighted by Gasteiger charge is 2.17. The summed E-state index contributed by atoms with van der Waals surface area (Å²) in [5.41, 5.74) is 1.59. The van der Waals surface area contributed by atoms with E-state index in [1.807, 2.05) is 24.8 Å².